The molecule has 0 radical (unpaired) electrons. The molecule has 0 saturated carbocycles. The number of fused-ring (bicyclic) bond motifs is 6. The van der Waals surface area contributed by atoms with Crippen LogP contribution in [0.1, 0.15) is 124 Å². The van der Waals surface area contributed by atoms with Crippen LogP contribution in [0, 0.1) is 0 Å². The predicted octanol–water partition coefficient (Wildman–Crippen LogP) is 11.5. The summed E-state index contributed by atoms with van der Waals surface area (Å²) in [5.74, 6) is -0.841. The van der Waals surface area contributed by atoms with Gasteiger partial charge in [-0.1, -0.05) is 71.8 Å². The van der Waals surface area contributed by atoms with E-state index in [1.165, 1.54) is 22.3 Å². The Hall–Kier alpha value is -5.98. The summed E-state index contributed by atoms with van der Waals surface area (Å²) >= 11 is 12.7. The van der Waals surface area contributed by atoms with Crippen LogP contribution in [0.5, 0.6) is 11.5 Å². The molecule has 6 aliphatic rings. The number of carboxylic acid groups (broad SMARTS) is 2. The standard InChI is InChI=1S/2C31H37ClN2O4/c2*1-30(29(36)37)19-28(35)33(2)15-6-4-3-5-7-16-34-20-31(21-38-27-13-10-23(30)18-26(27)34)14-8-9-22-17-24(32)11-12-25(22)31/h2*4,6,10-13,17-18H,3,5,7-9,14-16,19-21H2,1-2H3,(H,36,37)/b2*6-4+/t30-,31+;30-,31-/m10/s1. The van der Waals surface area contributed by atoms with Crippen molar-refractivity contribution in [2.45, 2.75) is 125 Å². The second kappa shape index (κ2) is 22.9. The number of nitrogens with zero attached hydrogens (tertiary/aromatic N) is 4. The van der Waals surface area contributed by atoms with Gasteiger partial charge in [0.05, 0.1) is 35.4 Å². The van der Waals surface area contributed by atoms with Crippen LogP contribution in [0.3, 0.4) is 0 Å². The molecule has 0 saturated heterocycles. The molecule has 76 heavy (non-hydrogen) atoms. The highest BCUT2D eigenvalue weighted by molar-refractivity contribution is 6.31. The largest absolute Gasteiger partial charge is 0.490 e. The molecular weight excluding hydrogens is 1000 g/mol. The average molecular weight is 1070 g/mol. The van der Waals surface area contributed by atoms with Gasteiger partial charge in [0, 0.05) is 87.1 Å². The van der Waals surface area contributed by atoms with Crippen LogP contribution in [-0.4, -0.2) is 110 Å². The molecule has 4 aromatic rings. The van der Waals surface area contributed by atoms with Crippen molar-refractivity contribution in [3.05, 3.63) is 141 Å². The summed E-state index contributed by atoms with van der Waals surface area (Å²) in [5, 5.41) is 22.2. The van der Waals surface area contributed by atoms with Gasteiger partial charge in [0.1, 0.15) is 11.5 Å². The van der Waals surface area contributed by atoms with Gasteiger partial charge in [-0.25, -0.2) is 0 Å². The fourth-order valence-corrected chi connectivity index (χ4v) is 12.9. The van der Waals surface area contributed by atoms with Crippen molar-refractivity contribution in [2.75, 3.05) is 76.4 Å². The lowest BCUT2D eigenvalue weighted by molar-refractivity contribution is -0.147. The van der Waals surface area contributed by atoms with E-state index in [2.05, 4.69) is 46.2 Å². The number of aliphatic carboxylic acids is 2. The molecule has 14 heteroatoms. The van der Waals surface area contributed by atoms with Crippen molar-refractivity contribution in [3.63, 3.8) is 0 Å². The van der Waals surface area contributed by atoms with Crippen LogP contribution in [0.15, 0.2) is 97.1 Å². The SMILES string of the molecule is CN1C/C=C/CCCCN2C[C@@]3(CCCc4cc(Cl)ccc43)COc3ccc(cc32)[C@@](C)(C(=O)O)CC1=O.CN1C/C=C/CCCCN2C[C@@]3(CCCc4cc(Cl)ccc43)COc3ccc(cc32)[C@](C)(C(=O)O)CC1=O. The van der Waals surface area contributed by atoms with E-state index in [1.807, 2.05) is 60.7 Å². The summed E-state index contributed by atoms with van der Waals surface area (Å²) in [6.07, 6.45) is 20.2. The van der Waals surface area contributed by atoms with E-state index < -0.39 is 22.8 Å². The summed E-state index contributed by atoms with van der Waals surface area (Å²) in [4.78, 5) is 59.3. The Balaban J connectivity index is 0.000000186. The minimum Gasteiger partial charge on any atom is -0.490 e. The number of hydrogen-bond donors (Lipinski definition) is 2. The molecular formula is C62H74Cl2N4O8. The second-order valence-electron chi connectivity index (χ2n) is 22.8. The molecule has 10 rings (SSSR count). The zero-order valence-electron chi connectivity index (χ0n) is 44.7. The van der Waals surface area contributed by atoms with Crippen LogP contribution in [-0.2, 0) is 53.7 Å². The Kier molecular flexibility index (Phi) is 16.5. The number of likely N-dealkylation sites (N-methyl/N-ethyl adjacent to an activating group) is 2. The topological polar surface area (TPSA) is 140 Å². The van der Waals surface area contributed by atoms with Gasteiger partial charge in [-0.15, -0.1) is 0 Å². The maximum Gasteiger partial charge on any atom is 0.314 e. The van der Waals surface area contributed by atoms with Crippen molar-refractivity contribution in [2.24, 2.45) is 0 Å². The normalized spacial score (nSPS) is 27.0. The van der Waals surface area contributed by atoms with E-state index in [0.29, 0.717) is 37.4 Å². The number of carboxylic acids is 2. The zero-order valence-corrected chi connectivity index (χ0v) is 46.2. The molecule has 2 N–H and O–H groups in total. The molecule has 4 atom stereocenters. The fourth-order valence-electron chi connectivity index (χ4n) is 12.5. The number of anilines is 2. The summed E-state index contributed by atoms with van der Waals surface area (Å²) in [6.45, 7) is 8.66. The van der Waals surface area contributed by atoms with Crippen molar-refractivity contribution in [1.29, 1.82) is 0 Å². The smallest absolute Gasteiger partial charge is 0.314 e. The number of hydrogen-bond acceptors (Lipinski definition) is 8. The highest BCUT2D eigenvalue weighted by Gasteiger charge is 2.46. The molecule has 404 valence electrons. The fraction of sp³-hybridized carbons (Fsp3) is 0.484. The third-order valence-electron chi connectivity index (χ3n) is 17.3. The highest BCUT2D eigenvalue weighted by atomic mass is 35.5. The average Bonchev–Trinajstić information content (AvgIpc) is 3.65. The van der Waals surface area contributed by atoms with E-state index in [-0.39, 0.29) is 35.5 Å². The van der Waals surface area contributed by atoms with Crippen LogP contribution in [0.25, 0.3) is 0 Å². The first-order valence-corrected chi connectivity index (χ1v) is 28.1. The molecule has 2 amide bonds. The van der Waals surface area contributed by atoms with Gasteiger partial charge in [-0.05, 0) is 173 Å². The van der Waals surface area contributed by atoms with Crippen LogP contribution in [0.4, 0.5) is 11.4 Å². The molecule has 4 heterocycles. The Bertz CT molecular complexity index is 2710. The van der Waals surface area contributed by atoms with Crippen LogP contribution in [0.2, 0.25) is 10.0 Å². The summed E-state index contributed by atoms with van der Waals surface area (Å²) in [6, 6.07) is 23.9. The van der Waals surface area contributed by atoms with Gasteiger partial charge in [0.2, 0.25) is 11.8 Å². The summed E-state index contributed by atoms with van der Waals surface area (Å²) in [7, 11) is 3.46. The molecule has 0 unspecified atom stereocenters. The molecule has 0 fully saturated rings. The number of carbonyl (C=O) groups is 4. The quantitative estimate of drug-likeness (QED) is 0.186. The van der Waals surface area contributed by atoms with Crippen molar-refractivity contribution >= 4 is 58.3 Å². The Morgan fingerprint density at radius 2 is 0.974 bits per heavy atom. The van der Waals surface area contributed by atoms with Gasteiger partial charge in [0.15, 0.2) is 0 Å². The highest BCUT2D eigenvalue weighted by Crippen LogP contribution is 2.48. The predicted molar refractivity (Wildman–Crippen MR) is 301 cm³/mol. The lowest BCUT2D eigenvalue weighted by atomic mass is 9.70. The Morgan fingerprint density at radius 3 is 1.38 bits per heavy atom. The lowest BCUT2D eigenvalue weighted by Gasteiger charge is -2.41. The number of ether oxygens (including phenoxy) is 2. The first kappa shape index (κ1) is 54.8. The van der Waals surface area contributed by atoms with Crippen molar-refractivity contribution in [3.8, 4) is 11.5 Å². The third-order valence-corrected chi connectivity index (χ3v) is 17.8. The van der Waals surface area contributed by atoms with E-state index in [4.69, 9.17) is 32.7 Å². The van der Waals surface area contributed by atoms with Gasteiger partial charge >= 0.3 is 11.9 Å². The van der Waals surface area contributed by atoms with Crippen LogP contribution < -0.4 is 19.3 Å². The monoisotopic (exact) mass is 1070 g/mol. The molecule has 2 aliphatic carbocycles. The molecule has 0 aromatic heterocycles. The van der Waals surface area contributed by atoms with E-state index in [0.717, 1.165) is 136 Å². The van der Waals surface area contributed by atoms with E-state index in [9.17, 15) is 29.4 Å². The van der Waals surface area contributed by atoms with E-state index in [1.54, 1.807) is 37.7 Å². The maximum atomic E-state index is 13.0. The van der Waals surface area contributed by atoms with E-state index >= 15 is 0 Å². The number of carbonyl (C=O) groups excluding carboxylic acids is 2. The number of allylic oxidation sites excluding steroid dienone is 2. The molecule has 2 spiro atoms. The molecule has 4 aliphatic heterocycles. The summed E-state index contributed by atoms with van der Waals surface area (Å²) < 4.78 is 13.1. The van der Waals surface area contributed by atoms with Gasteiger partial charge in [-0.3, -0.25) is 19.2 Å². The van der Waals surface area contributed by atoms with Crippen molar-refractivity contribution in [1.82, 2.24) is 9.80 Å². The zero-order chi connectivity index (χ0) is 53.8. The maximum absolute atomic E-state index is 13.0. The number of rotatable bonds is 2. The van der Waals surface area contributed by atoms with Crippen LogP contribution >= 0.6 is 23.2 Å². The minimum atomic E-state index is -1.35. The number of aryl methyl sites for hydroxylation is 2. The second-order valence-corrected chi connectivity index (χ2v) is 23.6. The first-order chi connectivity index (χ1) is 36.4. The summed E-state index contributed by atoms with van der Waals surface area (Å²) in [5.41, 5.74) is 5.23. The van der Waals surface area contributed by atoms with Gasteiger partial charge in [0.25, 0.3) is 0 Å². The molecule has 12 nitrogen and oxygen atoms in total. The van der Waals surface area contributed by atoms with Gasteiger partial charge < -0.3 is 39.3 Å². The molecule has 4 bridgehead atoms. The van der Waals surface area contributed by atoms with Gasteiger partial charge in [-0.2, -0.15) is 0 Å². The minimum absolute atomic E-state index is 0.107. The number of amides is 2. The third kappa shape index (κ3) is 11.4. The molecule has 4 aromatic carbocycles. The number of benzene rings is 4. The van der Waals surface area contributed by atoms with Crippen molar-refractivity contribution < 1.29 is 38.9 Å². The lowest BCUT2D eigenvalue weighted by Crippen LogP contribution is -2.46. The Morgan fingerprint density at radius 1 is 0.553 bits per heavy atom. The number of halogens is 2. The Labute approximate surface area is 458 Å². The first-order valence-electron chi connectivity index (χ1n) is 27.3.